The first-order chi connectivity index (χ1) is 10.1. The molecule has 0 aliphatic heterocycles. The number of benzene rings is 1. The Kier molecular flexibility index (Phi) is 5.37. The lowest BCUT2D eigenvalue weighted by atomic mass is 10.2. The summed E-state index contributed by atoms with van der Waals surface area (Å²) in [6.45, 7) is 9.11. The van der Waals surface area contributed by atoms with Crippen LogP contribution in [0.5, 0.6) is 0 Å². The van der Waals surface area contributed by atoms with Crippen LogP contribution in [0.3, 0.4) is 0 Å². The smallest absolute Gasteiger partial charge is 0.124 e. The first kappa shape index (κ1) is 16.0. The van der Waals surface area contributed by atoms with Crippen LogP contribution in [0.4, 0.5) is 0 Å². The Labute approximate surface area is 128 Å². The molecule has 2 N–H and O–H groups in total. The van der Waals surface area contributed by atoms with Gasteiger partial charge in [0.25, 0.3) is 0 Å². The van der Waals surface area contributed by atoms with Crippen molar-refractivity contribution < 1.29 is 0 Å². The molecule has 0 aliphatic carbocycles. The predicted molar refractivity (Wildman–Crippen MR) is 89.5 cm³/mol. The highest BCUT2D eigenvalue weighted by atomic mass is 15.2. The van der Waals surface area contributed by atoms with Crippen molar-refractivity contribution in [3.8, 4) is 0 Å². The zero-order chi connectivity index (χ0) is 15.4. The molecule has 0 aliphatic rings. The Morgan fingerprint density at radius 3 is 2.81 bits per heavy atom. The van der Waals surface area contributed by atoms with Crippen LogP contribution in [-0.2, 0) is 6.54 Å². The molecule has 0 fully saturated rings. The van der Waals surface area contributed by atoms with Crippen LogP contribution in [0.15, 0.2) is 18.2 Å². The number of nitrogens with zero attached hydrogens (tertiary/aromatic N) is 3. The Morgan fingerprint density at radius 2 is 2.14 bits per heavy atom. The van der Waals surface area contributed by atoms with Gasteiger partial charge in [0, 0.05) is 12.6 Å². The van der Waals surface area contributed by atoms with Gasteiger partial charge in [-0.25, -0.2) is 4.98 Å². The Hall–Kier alpha value is -1.39. The van der Waals surface area contributed by atoms with Gasteiger partial charge < -0.3 is 10.3 Å². The quantitative estimate of drug-likeness (QED) is 0.851. The predicted octanol–water partition coefficient (Wildman–Crippen LogP) is 3.10. The van der Waals surface area contributed by atoms with E-state index in [1.165, 1.54) is 23.9 Å². The second-order valence-corrected chi connectivity index (χ2v) is 6.07. The minimum Gasteiger partial charge on any atom is -0.328 e. The molecule has 0 saturated carbocycles. The maximum atomic E-state index is 5.90. The van der Waals surface area contributed by atoms with Gasteiger partial charge in [-0.1, -0.05) is 19.4 Å². The summed E-state index contributed by atoms with van der Waals surface area (Å²) in [6.07, 6.45) is 2.45. The van der Waals surface area contributed by atoms with Crippen LogP contribution < -0.4 is 5.73 Å². The maximum absolute atomic E-state index is 5.90. The fourth-order valence-electron chi connectivity index (χ4n) is 2.72. The first-order valence-corrected chi connectivity index (χ1v) is 7.92. The van der Waals surface area contributed by atoms with Gasteiger partial charge in [0.2, 0.25) is 0 Å². The number of unbranched alkanes of at least 4 members (excludes halogenated alkanes) is 1. The monoisotopic (exact) mass is 288 g/mol. The number of aryl methyl sites for hydroxylation is 1. The molecule has 21 heavy (non-hydrogen) atoms. The molecule has 0 radical (unpaired) electrons. The lowest BCUT2D eigenvalue weighted by Gasteiger charge is -2.20. The van der Waals surface area contributed by atoms with Crippen LogP contribution >= 0.6 is 0 Å². The minimum absolute atomic E-state index is 0.271. The van der Waals surface area contributed by atoms with Gasteiger partial charge >= 0.3 is 0 Å². The lowest BCUT2D eigenvalue weighted by molar-refractivity contribution is 0.305. The molecular weight excluding hydrogens is 260 g/mol. The number of hydrogen-bond acceptors (Lipinski definition) is 3. The largest absolute Gasteiger partial charge is 0.328 e. The lowest BCUT2D eigenvalue weighted by Crippen LogP contribution is -2.24. The fourth-order valence-corrected chi connectivity index (χ4v) is 2.72. The average molecular weight is 288 g/mol. The van der Waals surface area contributed by atoms with E-state index in [-0.39, 0.29) is 6.04 Å². The number of rotatable bonds is 7. The van der Waals surface area contributed by atoms with Crippen molar-refractivity contribution in [1.82, 2.24) is 14.5 Å². The SMILES string of the molecule is CCCCN(C)Cc1nc2cc(C)ccc2n1C(C)CN. The number of aromatic nitrogens is 2. The van der Waals surface area contributed by atoms with E-state index in [9.17, 15) is 0 Å². The van der Waals surface area contributed by atoms with Gasteiger partial charge in [0.1, 0.15) is 5.82 Å². The summed E-state index contributed by atoms with van der Waals surface area (Å²) in [5.41, 5.74) is 9.42. The highest BCUT2D eigenvalue weighted by Crippen LogP contribution is 2.22. The Morgan fingerprint density at radius 1 is 1.38 bits per heavy atom. The summed E-state index contributed by atoms with van der Waals surface area (Å²) in [6, 6.07) is 6.74. The van der Waals surface area contributed by atoms with Crippen LogP contribution in [0, 0.1) is 6.92 Å². The summed E-state index contributed by atoms with van der Waals surface area (Å²) < 4.78 is 2.30. The van der Waals surface area contributed by atoms with Crippen molar-refractivity contribution in [3.05, 3.63) is 29.6 Å². The molecule has 2 rings (SSSR count). The average Bonchev–Trinajstić information content (AvgIpc) is 2.81. The number of nitrogens with two attached hydrogens (primary N) is 1. The molecular formula is C17H28N4. The van der Waals surface area contributed by atoms with Crippen molar-refractivity contribution >= 4 is 11.0 Å². The van der Waals surface area contributed by atoms with Gasteiger partial charge in [-0.2, -0.15) is 0 Å². The van der Waals surface area contributed by atoms with E-state index in [0.717, 1.165) is 24.4 Å². The molecule has 0 bridgehead atoms. The van der Waals surface area contributed by atoms with Crippen molar-refractivity contribution in [1.29, 1.82) is 0 Å². The molecule has 1 unspecified atom stereocenters. The molecule has 1 atom stereocenters. The molecule has 4 heteroatoms. The van der Waals surface area contributed by atoms with Crippen LogP contribution in [-0.4, -0.2) is 34.6 Å². The number of hydrogen-bond donors (Lipinski definition) is 1. The van der Waals surface area contributed by atoms with Gasteiger partial charge in [0.15, 0.2) is 0 Å². The summed E-state index contributed by atoms with van der Waals surface area (Å²) in [5.74, 6) is 1.12. The third-order valence-corrected chi connectivity index (χ3v) is 4.00. The summed E-state index contributed by atoms with van der Waals surface area (Å²) in [4.78, 5) is 7.20. The molecule has 1 aromatic carbocycles. The molecule has 1 aromatic heterocycles. The van der Waals surface area contributed by atoms with Gasteiger partial charge in [0.05, 0.1) is 17.6 Å². The Balaban J connectivity index is 2.36. The van der Waals surface area contributed by atoms with Gasteiger partial charge in [-0.15, -0.1) is 0 Å². The molecule has 0 saturated heterocycles. The second kappa shape index (κ2) is 7.05. The molecule has 2 aromatic rings. The molecule has 116 valence electrons. The minimum atomic E-state index is 0.271. The maximum Gasteiger partial charge on any atom is 0.124 e. The first-order valence-electron chi connectivity index (χ1n) is 7.92. The van der Waals surface area contributed by atoms with Crippen molar-refractivity contribution in [2.24, 2.45) is 5.73 Å². The molecule has 0 spiro atoms. The third kappa shape index (κ3) is 3.63. The zero-order valence-electron chi connectivity index (χ0n) is 13.8. The van der Waals surface area contributed by atoms with Gasteiger partial charge in [-0.3, -0.25) is 4.90 Å². The van der Waals surface area contributed by atoms with Crippen LogP contribution in [0.25, 0.3) is 11.0 Å². The molecule has 0 amide bonds. The summed E-state index contributed by atoms with van der Waals surface area (Å²) in [5, 5.41) is 0. The normalized spacial score (nSPS) is 13.2. The Bertz CT molecular complexity index is 588. The van der Waals surface area contributed by atoms with E-state index in [2.05, 4.69) is 55.5 Å². The van der Waals surface area contributed by atoms with Crippen LogP contribution in [0.2, 0.25) is 0 Å². The summed E-state index contributed by atoms with van der Waals surface area (Å²) in [7, 11) is 2.16. The highest BCUT2D eigenvalue weighted by Gasteiger charge is 2.16. The molecule has 1 heterocycles. The fraction of sp³-hybridized carbons (Fsp3) is 0.588. The van der Waals surface area contributed by atoms with Crippen molar-refractivity contribution in [2.45, 2.75) is 46.2 Å². The second-order valence-electron chi connectivity index (χ2n) is 6.07. The van der Waals surface area contributed by atoms with E-state index < -0.39 is 0 Å². The van der Waals surface area contributed by atoms with E-state index >= 15 is 0 Å². The van der Waals surface area contributed by atoms with E-state index in [1.54, 1.807) is 0 Å². The topological polar surface area (TPSA) is 47.1 Å². The standard InChI is InChI=1S/C17H28N4/c1-5-6-9-20(4)12-17-19-15-10-13(2)7-8-16(15)21(17)14(3)11-18/h7-8,10,14H,5-6,9,11-12,18H2,1-4H3. The zero-order valence-corrected chi connectivity index (χ0v) is 13.8. The van der Waals surface area contributed by atoms with E-state index in [0.29, 0.717) is 6.54 Å². The summed E-state index contributed by atoms with van der Waals surface area (Å²) >= 11 is 0. The third-order valence-electron chi connectivity index (χ3n) is 4.00. The van der Waals surface area contributed by atoms with Crippen molar-refractivity contribution in [3.63, 3.8) is 0 Å². The number of imidazole rings is 1. The highest BCUT2D eigenvalue weighted by molar-refractivity contribution is 5.77. The van der Waals surface area contributed by atoms with Crippen molar-refractivity contribution in [2.75, 3.05) is 20.1 Å². The van der Waals surface area contributed by atoms with Gasteiger partial charge in [-0.05, 0) is 51.6 Å². The number of fused-ring (bicyclic) bond motifs is 1. The van der Waals surface area contributed by atoms with E-state index in [4.69, 9.17) is 10.7 Å². The molecule has 4 nitrogen and oxygen atoms in total. The van der Waals surface area contributed by atoms with Crippen LogP contribution in [0.1, 0.15) is 44.1 Å². The van der Waals surface area contributed by atoms with E-state index in [1.807, 2.05) is 0 Å².